The molecule has 1 heterocycles. The fourth-order valence-corrected chi connectivity index (χ4v) is 2.19. The molecule has 0 saturated carbocycles. The Morgan fingerprint density at radius 1 is 1.44 bits per heavy atom. The van der Waals surface area contributed by atoms with Gasteiger partial charge in [-0.25, -0.2) is 0 Å². The summed E-state index contributed by atoms with van der Waals surface area (Å²) in [5.74, 6) is 0.218. The van der Waals surface area contributed by atoms with Crippen LogP contribution in [0.15, 0.2) is 17.5 Å². The highest BCUT2D eigenvalue weighted by atomic mass is 32.1. The van der Waals surface area contributed by atoms with Crippen LogP contribution in [0.4, 0.5) is 0 Å². The number of thiophene rings is 1. The molecule has 0 radical (unpaired) electrons. The fraction of sp³-hybridized carbons (Fsp3) is 0.615. The summed E-state index contributed by atoms with van der Waals surface area (Å²) in [6, 6.07) is 4.35. The summed E-state index contributed by atoms with van der Waals surface area (Å²) < 4.78 is 0. The van der Waals surface area contributed by atoms with E-state index in [1.165, 1.54) is 4.88 Å². The first-order valence-electron chi connectivity index (χ1n) is 5.66. The van der Waals surface area contributed by atoms with E-state index >= 15 is 0 Å². The van der Waals surface area contributed by atoms with Gasteiger partial charge in [-0.15, -0.1) is 11.3 Å². The molecule has 0 bridgehead atoms. The smallest absolute Gasteiger partial charge is 0.228 e. The molecule has 2 nitrogen and oxygen atoms in total. The molecule has 1 aromatic heterocycles. The molecule has 0 fully saturated rings. The summed E-state index contributed by atoms with van der Waals surface area (Å²) >= 11 is 1.70. The lowest BCUT2D eigenvalue weighted by Gasteiger charge is -2.32. The first-order valence-corrected chi connectivity index (χ1v) is 6.54. The Labute approximate surface area is 102 Å². The summed E-state index contributed by atoms with van der Waals surface area (Å²) in [6.07, 6.45) is 0. The van der Waals surface area contributed by atoms with E-state index in [2.05, 4.69) is 25.3 Å². The highest BCUT2D eigenvalue weighted by molar-refractivity contribution is 7.09. The Morgan fingerprint density at radius 3 is 2.44 bits per heavy atom. The van der Waals surface area contributed by atoms with Gasteiger partial charge in [0.1, 0.15) is 0 Å². The first kappa shape index (κ1) is 13.2. The molecular formula is C13H21NOS. The van der Waals surface area contributed by atoms with Gasteiger partial charge in [0.2, 0.25) is 5.91 Å². The van der Waals surface area contributed by atoms with E-state index in [-0.39, 0.29) is 17.4 Å². The van der Waals surface area contributed by atoms with Crippen LogP contribution in [0.3, 0.4) is 0 Å². The maximum atomic E-state index is 12.3. The van der Waals surface area contributed by atoms with Crippen LogP contribution in [0.5, 0.6) is 0 Å². The third-order valence-electron chi connectivity index (χ3n) is 2.43. The lowest BCUT2D eigenvalue weighted by atomic mass is 9.94. The van der Waals surface area contributed by atoms with Crippen LogP contribution in [0.1, 0.15) is 39.5 Å². The van der Waals surface area contributed by atoms with E-state index in [0.717, 1.165) is 6.54 Å². The van der Waals surface area contributed by atoms with Crippen LogP contribution in [0, 0.1) is 5.41 Å². The predicted molar refractivity (Wildman–Crippen MR) is 69.5 cm³/mol. The van der Waals surface area contributed by atoms with E-state index in [0.29, 0.717) is 0 Å². The highest BCUT2D eigenvalue weighted by Crippen LogP contribution is 2.22. The molecule has 0 aliphatic carbocycles. The van der Waals surface area contributed by atoms with Gasteiger partial charge in [-0.2, -0.15) is 0 Å². The fourth-order valence-electron chi connectivity index (χ4n) is 1.49. The van der Waals surface area contributed by atoms with Crippen LogP contribution in [-0.2, 0) is 11.3 Å². The van der Waals surface area contributed by atoms with Crippen molar-refractivity contribution in [2.75, 3.05) is 0 Å². The molecule has 0 spiro atoms. The number of hydrogen-bond acceptors (Lipinski definition) is 2. The Balaban J connectivity index is 2.80. The molecule has 1 amide bonds. The third-order valence-corrected chi connectivity index (χ3v) is 3.29. The van der Waals surface area contributed by atoms with Crippen LogP contribution in [0.2, 0.25) is 0 Å². The summed E-state index contributed by atoms with van der Waals surface area (Å²) in [6.45, 7) is 10.8. The first-order chi connectivity index (χ1) is 7.32. The molecule has 90 valence electrons. The molecular weight excluding hydrogens is 218 g/mol. The Morgan fingerprint density at radius 2 is 2.06 bits per heavy atom. The van der Waals surface area contributed by atoms with E-state index in [4.69, 9.17) is 0 Å². The standard InChI is InChI=1S/C13H21NOS/c1-10(2)14(12(15)13(3,4)5)9-11-7-6-8-16-11/h6-8,10H,9H2,1-5H3. The molecule has 0 aliphatic rings. The van der Waals surface area contributed by atoms with Crippen LogP contribution in [-0.4, -0.2) is 16.8 Å². The number of nitrogens with zero attached hydrogens (tertiary/aromatic N) is 1. The zero-order chi connectivity index (χ0) is 12.3. The van der Waals surface area contributed by atoms with Crippen molar-refractivity contribution in [3.63, 3.8) is 0 Å². The molecule has 0 saturated heterocycles. The van der Waals surface area contributed by atoms with Gasteiger partial charge in [0.05, 0.1) is 6.54 Å². The summed E-state index contributed by atoms with van der Waals surface area (Å²) in [5, 5.41) is 2.05. The number of rotatable bonds is 3. The molecule has 16 heavy (non-hydrogen) atoms. The second kappa shape index (κ2) is 5.00. The van der Waals surface area contributed by atoms with Gasteiger partial charge in [0, 0.05) is 16.3 Å². The number of hydrogen-bond donors (Lipinski definition) is 0. The second-order valence-electron chi connectivity index (χ2n) is 5.36. The molecule has 0 atom stereocenters. The van der Waals surface area contributed by atoms with Crippen molar-refractivity contribution in [2.24, 2.45) is 5.41 Å². The zero-order valence-electron chi connectivity index (χ0n) is 10.8. The molecule has 3 heteroatoms. The van der Waals surface area contributed by atoms with Gasteiger partial charge >= 0.3 is 0 Å². The van der Waals surface area contributed by atoms with Crippen LogP contribution >= 0.6 is 11.3 Å². The van der Waals surface area contributed by atoms with E-state index in [1.807, 2.05) is 31.7 Å². The van der Waals surface area contributed by atoms with Crippen molar-refractivity contribution in [2.45, 2.75) is 47.2 Å². The van der Waals surface area contributed by atoms with Crippen molar-refractivity contribution in [3.05, 3.63) is 22.4 Å². The summed E-state index contributed by atoms with van der Waals surface area (Å²) in [4.78, 5) is 15.5. The van der Waals surface area contributed by atoms with Crippen molar-refractivity contribution < 1.29 is 4.79 Å². The largest absolute Gasteiger partial charge is 0.335 e. The van der Waals surface area contributed by atoms with Gasteiger partial charge in [-0.1, -0.05) is 26.8 Å². The van der Waals surface area contributed by atoms with Crippen molar-refractivity contribution in [1.82, 2.24) is 4.90 Å². The van der Waals surface area contributed by atoms with E-state index < -0.39 is 0 Å². The Hall–Kier alpha value is -0.830. The average Bonchev–Trinajstić information content (AvgIpc) is 2.63. The molecule has 1 aromatic rings. The molecule has 0 N–H and O–H groups in total. The van der Waals surface area contributed by atoms with E-state index in [1.54, 1.807) is 11.3 Å². The summed E-state index contributed by atoms with van der Waals surface area (Å²) in [7, 11) is 0. The Kier molecular flexibility index (Phi) is 4.14. The average molecular weight is 239 g/mol. The van der Waals surface area contributed by atoms with E-state index in [9.17, 15) is 4.79 Å². The molecule has 0 aliphatic heterocycles. The zero-order valence-corrected chi connectivity index (χ0v) is 11.6. The van der Waals surface area contributed by atoms with Gasteiger partial charge in [0.25, 0.3) is 0 Å². The SMILES string of the molecule is CC(C)N(Cc1cccs1)C(=O)C(C)(C)C. The summed E-state index contributed by atoms with van der Waals surface area (Å²) in [5.41, 5.74) is -0.304. The second-order valence-corrected chi connectivity index (χ2v) is 6.39. The maximum Gasteiger partial charge on any atom is 0.228 e. The molecule has 1 rings (SSSR count). The monoisotopic (exact) mass is 239 g/mol. The topological polar surface area (TPSA) is 20.3 Å². The minimum atomic E-state index is -0.304. The minimum absolute atomic E-state index is 0.218. The van der Waals surface area contributed by atoms with Crippen molar-refractivity contribution >= 4 is 17.2 Å². The van der Waals surface area contributed by atoms with Crippen LogP contribution in [0.25, 0.3) is 0 Å². The normalized spacial score (nSPS) is 11.9. The number of carbonyl (C=O) groups is 1. The lowest BCUT2D eigenvalue weighted by molar-refractivity contribution is -0.141. The lowest BCUT2D eigenvalue weighted by Crippen LogP contribution is -2.42. The van der Waals surface area contributed by atoms with Gasteiger partial charge in [-0.05, 0) is 25.3 Å². The third kappa shape index (κ3) is 3.34. The number of amides is 1. The predicted octanol–water partition coefficient (Wildman–Crippen LogP) is 3.53. The minimum Gasteiger partial charge on any atom is -0.335 e. The highest BCUT2D eigenvalue weighted by Gasteiger charge is 2.28. The molecule has 0 aromatic carbocycles. The maximum absolute atomic E-state index is 12.3. The van der Waals surface area contributed by atoms with Gasteiger partial charge in [-0.3, -0.25) is 4.79 Å². The van der Waals surface area contributed by atoms with Crippen molar-refractivity contribution in [3.8, 4) is 0 Å². The van der Waals surface area contributed by atoms with Crippen LogP contribution < -0.4 is 0 Å². The Bertz CT molecular complexity index is 335. The van der Waals surface area contributed by atoms with Crippen molar-refractivity contribution in [1.29, 1.82) is 0 Å². The van der Waals surface area contributed by atoms with Gasteiger partial charge in [0.15, 0.2) is 0 Å². The number of carbonyl (C=O) groups excluding carboxylic acids is 1. The quantitative estimate of drug-likeness (QED) is 0.790. The van der Waals surface area contributed by atoms with Gasteiger partial charge < -0.3 is 4.90 Å². The molecule has 0 unspecified atom stereocenters.